The zero-order valence-electron chi connectivity index (χ0n) is 16.7. The highest BCUT2D eigenvalue weighted by Gasteiger charge is 2.15. The maximum Gasteiger partial charge on any atom is 0.191 e. The first kappa shape index (κ1) is 23.0. The van der Waals surface area contributed by atoms with Crippen molar-refractivity contribution >= 4 is 35.6 Å². The lowest BCUT2D eigenvalue weighted by Crippen LogP contribution is -2.37. The van der Waals surface area contributed by atoms with Crippen LogP contribution in [0, 0.1) is 5.92 Å². The van der Waals surface area contributed by atoms with Crippen molar-refractivity contribution in [3.8, 4) is 0 Å². The number of hydrogen-bond acceptors (Lipinski definition) is 4. The third kappa shape index (κ3) is 7.60. The van der Waals surface area contributed by atoms with Gasteiger partial charge in [0.1, 0.15) is 0 Å². The van der Waals surface area contributed by atoms with Crippen LogP contribution in [0.1, 0.15) is 18.4 Å². The van der Waals surface area contributed by atoms with Crippen LogP contribution in [0.5, 0.6) is 0 Å². The highest BCUT2D eigenvalue weighted by molar-refractivity contribution is 14.0. The van der Waals surface area contributed by atoms with E-state index in [0.29, 0.717) is 5.92 Å². The van der Waals surface area contributed by atoms with Crippen LogP contribution in [0.2, 0.25) is 0 Å². The van der Waals surface area contributed by atoms with Crippen molar-refractivity contribution in [2.24, 2.45) is 10.9 Å². The van der Waals surface area contributed by atoms with Crippen molar-refractivity contribution < 1.29 is 9.47 Å². The molecule has 0 aromatic heterocycles. The van der Waals surface area contributed by atoms with E-state index >= 15 is 0 Å². The van der Waals surface area contributed by atoms with Crippen LogP contribution >= 0.6 is 24.0 Å². The summed E-state index contributed by atoms with van der Waals surface area (Å²) in [5, 5.41) is 6.71. The average Bonchev–Trinajstić information content (AvgIpc) is 3.41. The Morgan fingerprint density at radius 2 is 2.00 bits per heavy atom. The summed E-state index contributed by atoms with van der Waals surface area (Å²) in [7, 11) is 1.80. The van der Waals surface area contributed by atoms with Gasteiger partial charge in [0, 0.05) is 58.0 Å². The van der Waals surface area contributed by atoms with Crippen molar-refractivity contribution in [1.29, 1.82) is 0 Å². The monoisotopic (exact) mass is 500 g/mol. The molecule has 6 nitrogen and oxygen atoms in total. The number of nitrogens with zero attached hydrogens (tertiary/aromatic N) is 2. The van der Waals surface area contributed by atoms with Crippen LogP contribution in [0.15, 0.2) is 41.4 Å². The van der Waals surface area contributed by atoms with Gasteiger partial charge in [0.15, 0.2) is 5.96 Å². The predicted octanol–water partition coefficient (Wildman–Crippen LogP) is 2.79. The number of anilines is 1. The molecule has 156 valence electrons. The molecule has 0 aliphatic carbocycles. The normalized spacial score (nSPS) is 19.0. The lowest BCUT2D eigenvalue weighted by molar-refractivity contribution is 0.0888. The van der Waals surface area contributed by atoms with Crippen molar-refractivity contribution in [1.82, 2.24) is 10.6 Å². The molecule has 1 fully saturated rings. The molecule has 0 amide bonds. The van der Waals surface area contributed by atoms with E-state index in [-0.39, 0.29) is 24.0 Å². The van der Waals surface area contributed by atoms with E-state index in [4.69, 9.17) is 9.47 Å². The molecule has 1 aromatic rings. The number of ether oxygens (including phenoxy) is 2. The molecular formula is C21H33IN4O2. The molecule has 3 rings (SSSR count). The summed E-state index contributed by atoms with van der Waals surface area (Å²) in [6, 6.07) is 8.73. The summed E-state index contributed by atoms with van der Waals surface area (Å²) in [5.41, 5.74) is 2.52. The SMILES string of the molecule is CN=C(NCCCOCC1CCOC1)NCc1ccc(N2CC=CC2)cc1.I. The number of aliphatic imine (C=N–C) groups is 1. The van der Waals surface area contributed by atoms with Crippen molar-refractivity contribution in [2.45, 2.75) is 19.4 Å². The van der Waals surface area contributed by atoms with Crippen LogP contribution in [-0.4, -0.2) is 59.1 Å². The van der Waals surface area contributed by atoms with E-state index in [0.717, 1.165) is 71.4 Å². The van der Waals surface area contributed by atoms with Crippen LogP contribution in [0.4, 0.5) is 5.69 Å². The number of nitrogens with one attached hydrogen (secondary N) is 2. The number of halogens is 1. The lowest BCUT2D eigenvalue weighted by Gasteiger charge is -2.18. The van der Waals surface area contributed by atoms with Gasteiger partial charge in [-0.05, 0) is 30.5 Å². The quantitative estimate of drug-likeness (QED) is 0.180. The Morgan fingerprint density at radius 3 is 2.68 bits per heavy atom. The molecule has 2 aliphatic heterocycles. The minimum Gasteiger partial charge on any atom is -0.381 e. The minimum absolute atomic E-state index is 0. The topological polar surface area (TPSA) is 58.1 Å². The third-order valence-corrected chi connectivity index (χ3v) is 4.94. The Hall–Kier alpha value is -1.32. The first-order chi connectivity index (χ1) is 13.3. The Kier molecular flexibility index (Phi) is 10.7. The maximum atomic E-state index is 5.73. The Bertz CT molecular complexity index is 607. The van der Waals surface area contributed by atoms with E-state index < -0.39 is 0 Å². The summed E-state index contributed by atoms with van der Waals surface area (Å²) >= 11 is 0. The summed E-state index contributed by atoms with van der Waals surface area (Å²) in [6.45, 7) is 6.95. The highest BCUT2D eigenvalue weighted by Crippen LogP contribution is 2.17. The molecule has 2 heterocycles. The fourth-order valence-electron chi connectivity index (χ4n) is 3.27. The summed E-state index contributed by atoms with van der Waals surface area (Å²) in [6.07, 6.45) is 6.51. The molecule has 1 unspecified atom stereocenters. The fraction of sp³-hybridized carbons (Fsp3) is 0.571. The zero-order chi connectivity index (χ0) is 18.7. The van der Waals surface area contributed by atoms with Crippen molar-refractivity contribution in [2.75, 3.05) is 58.0 Å². The van der Waals surface area contributed by atoms with Gasteiger partial charge < -0.3 is 25.0 Å². The second kappa shape index (κ2) is 13.0. The molecule has 2 N–H and O–H groups in total. The molecule has 0 spiro atoms. The van der Waals surface area contributed by atoms with E-state index in [1.807, 2.05) is 0 Å². The Balaban J connectivity index is 0.00000280. The van der Waals surface area contributed by atoms with Gasteiger partial charge in [0.25, 0.3) is 0 Å². The Labute approximate surface area is 185 Å². The molecule has 0 radical (unpaired) electrons. The average molecular weight is 500 g/mol. The van der Waals surface area contributed by atoms with E-state index in [2.05, 4.69) is 56.9 Å². The maximum absolute atomic E-state index is 5.73. The van der Waals surface area contributed by atoms with Gasteiger partial charge in [0.2, 0.25) is 0 Å². The first-order valence-electron chi connectivity index (χ1n) is 9.94. The smallest absolute Gasteiger partial charge is 0.191 e. The number of hydrogen-bond donors (Lipinski definition) is 2. The van der Waals surface area contributed by atoms with E-state index in [1.54, 1.807) is 7.05 Å². The van der Waals surface area contributed by atoms with Crippen LogP contribution in [0.25, 0.3) is 0 Å². The van der Waals surface area contributed by atoms with Gasteiger partial charge in [-0.25, -0.2) is 0 Å². The van der Waals surface area contributed by atoms with Crippen LogP contribution < -0.4 is 15.5 Å². The lowest BCUT2D eigenvalue weighted by atomic mass is 10.1. The van der Waals surface area contributed by atoms with E-state index in [1.165, 1.54) is 11.3 Å². The van der Waals surface area contributed by atoms with Crippen molar-refractivity contribution in [3.05, 3.63) is 42.0 Å². The molecule has 0 saturated carbocycles. The molecule has 28 heavy (non-hydrogen) atoms. The fourth-order valence-corrected chi connectivity index (χ4v) is 3.27. The van der Waals surface area contributed by atoms with E-state index in [9.17, 15) is 0 Å². The molecular weight excluding hydrogens is 467 g/mol. The van der Waals surface area contributed by atoms with Gasteiger partial charge in [-0.2, -0.15) is 0 Å². The molecule has 1 saturated heterocycles. The summed E-state index contributed by atoms with van der Waals surface area (Å²) in [5.74, 6) is 1.41. The van der Waals surface area contributed by atoms with Gasteiger partial charge in [-0.1, -0.05) is 24.3 Å². The van der Waals surface area contributed by atoms with Gasteiger partial charge >= 0.3 is 0 Å². The molecule has 2 aliphatic rings. The highest BCUT2D eigenvalue weighted by atomic mass is 127. The summed E-state index contributed by atoms with van der Waals surface area (Å²) < 4.78 is 11.1. The van der Waals surface area contributed by atoms with Gasteiger partial charge in [0.05, 0.1) is 13.2 Å². The first-order valence-corrected chi connectivity index (χ1v) is 9.94. The second-order valence-corrected chi connectivity index (χ2v) is 7.05. The largest absolute Gasteiger partial charge is 0.381 e. The molecule has 7 heteroatoms. The van der Waals surface area contributed by atoms with Crippen LogP contribution in [-0.2, 0) is 16.0 Å². The Morgan fingerprint density at radius 1 is 1.21 bits per heavy atom. The van der Waals surface area contributed by atoms with Crippen LogP contribution in [0.3, 0.4) is 0 Å². The molecule has 1 aromatic carbocycles. The second-order valence-electron chi connectivity index (χ2n) is 7.05. The number of guanidine groups is 1. The van der Waals surface area contributed by atoms with Crippen molar-refractivity contribution in [3.63, 3.8) is 0 Å². The third-order valence-electron chi connectivity index (χ3n) is 4.94. The number of rotatable bonds is 9. The van der Waals surface area contributed by atoms with Gasteiger partial charge in [-0.15, -0.1) is 24.0 Å². The standard InChI is InChI=1S/C21H32N4O2.HI/c1-22-21(23-10-4-13-26-16-19-9-14-27-17-19)24-15-18-5-7-20(8-6-18)25-11-2-3-12-25;/h2-3,5-8,19H,4,9-17H2,1H3,(H2,22,23,24);1H. The molecule has 1 atom stereocenters. The van der Waals surface area contributed by atoms with Gasteiger partial charge in [-0.3, -0.25) is 4.99 Å². The number of benzene rings is 1. The predicted molar refractivity (Wildman–Crippen MR) is 126 cm³/mol. The summed E-state index contributed by atoms with van der Waals surface area (Å²) in [4.78, 5) is 6.63. The minimum atomic E-state index is 0. The zero-order valence-corrected chi connectivity index (χ0v) is 19.1. The molecule has 0 bridgehead atoms.